The van der Waals surface area contributed by atoms with Gasteiger partial charge in [-0.05, 0) is 29.3 Å². The third-order valence-corrected chi connectivity index (χ3v) is 5.40. The summed E-state index contributed by atoms with van der Waals surface area (Å²) in [5.74, 6) is 1.35. The normalized spacial score (nSPS) is 19.9. The van der Waals surface area contributed by atoms with Crippen LogP contribution in [0.1, 0.15) is 17.0 Å². The molecule has 5 heteroatoms. The number of anilines is 1. The number of aliphatic hydroxyl groups excluding tert-OH is 1. The number of fused-ring (bicyclic) bond motifs is 1. The van der Waals surface area contributed by atoms with E-state index in [0.29, 0.717) is 12.5 Å². The number of rotatable bonds is 7. The zero-order valence-electron chi connectivity index (χ0n) is 15.7. The molecule has 2 aliphatic heterocycles. The van der Waals surface area contributed by atoms with Crippen LogP contribution in [-0.2, 0) is 11.3 Å². The molecule has 4 rings (SSSR count). The van der Waals surface area contributed by atoms with Crippen molar-refractivity contribution >= 4 is 5.69 Å². The molecule has 1 atom stereocenters. The first-order chi connectivity index (χ1) is 13.3. The highest BCUT2D eigenvalue weighted by atomic mass is 16.5. The molecule has 144 valence electrons. The highest BCUT2D eigenvalue weighted by Gasteiger charge is 2.30. The average molecular weight is 368 g/mol. The second-order valence-electron chi connectivity index (χ2n) is 7.27. The largest absolute Gasteiger partial charge is 0.491 e. The molecular weight excluding hydrogens is 340 g/mol. The summed E-state index contributed by atoms with van der Waals surface area (Å²) >= 11 is 0. The van der Waals surface area contributed by atoms with E-state index in [9.17, 15) is 0 Å². The van der Waals surface area contributed by atoms with Crippen molar-refractivity contribution < 1.29 is 14.6 Å². The lowest BCUT2D eigenvalue weighted by Gasteiger charge is -2.29. The van der Waals surface area contributed by atoms with Crippen LogP contribution in [-0.4, -0.2) is 62.6 Å². The van der Waals surface area contributed by atoms with Crippen LogP contribution in [0.25, 0.3) is 0 Å². The predicted octanol–water partition coefficient (Wildman–Crippen LogP) is 2.49. The summed E-state index contributed by atoms with van der Waals surface area (Å²) in [6, 6.07) is 17.0. The van der Waals surface area contributed by atoms with Crippen LogP contribution in [0.4, 0.5) is 5.69 Å². The molecule has 0 saturated carbocycles. The second-order valence-corrected chi connectivity index (χ2v) is 7.27. The quantitative estimate of drug-likeness (QED) is 0.814. The van der Waals surface area contributed by atoms with Gasteiger partial charge >= 0.3 is 0 Å². The number of nitrogens with zero attached hydrogens (tertiary/aromatic N) is 2. The summed E-state index contributed by atoms with van der Waals surface area (Å²) in [4.78, 5) is 5.02. The monoisotopic (exact) mass is 368 g/mol. The maximum atomic E-state index is 8.87. The maximum absolute atomic E-state index is 8.87. The van der Waals surface area contributed by atoms with Crippen LogP contribution in [0.3, 0.4) is 0 Å². The van der Waals surface area contributed by atoms with Gasteiger partial charge in [-0.1, -0.05) is 30.3 Å². The zero-order chi connectivity index (χ0) is 18.5. The number of aliphatic hydroxyl groups is 1. The fraction of sp³-hybridized carbons (Fsp3) is 0.455. The number of benzene rings is 2. The van der Waals surface area contributed by atoms with Gasteiger partial charge in [0.2, 0.25) is 0 Å². The molecule has 0 bridgehead atoms. The third kappa shape index (κ3) is 4.43. The highest BCUT2D eigenvalue weighted by Crippen LogP contribution is 2.37. The Morgan fingerprint density at radius 3 is 2.59 bits per heavy atom. The molecule has 2 heterocycles. The molecule has 0 aromatic heterocycles. The van der Waals surface area contributed by atoms with Crippen molar-refractivity contribution in [1.82, 2.24) is 4.90 Å². The summed E-state index contributed by atoms with van der Waals surface area (Å²) in [5.41, 5.74) is 4.09. The number of hydrogen-bond donors (Lipinski definition) is 1. The van der Waals surface area contributed by atoms with E-state index in [1.54, 1.807) is 0 Å². The Labute approximate surface area is 161 Å². The molecule has 1 saturated heterocycles. The van der Waals surface area contributed by atoms with Crippen LogP contribution >= 0.6 is 0 Å². The van der Waals surface area contributed by atoms with E-state index >= 15 is 0 Å². The molecule has 27 heavy (non-hydrogen) atoms. The number of ether oxygens (including phenoxy) is 2. The molecule has 1 fully saturated rings. The topological polar surface area (TPSA) is 45.2 Å². The molecule has 2 aromatic rings. The van der Waals surface area contributed by atoms with E-state index in [2.05, 4.69) is 46.2 Å². The summed E-state index contributed by atoms with van der Waals surface area (Å²) in [6.07, 6.45) is 0. The summed E-state index contributed by atoms with van der Waals surface area (Å²) in [6.45, 7) is 7.20. The Balaban J connectivity index is 1.43. The lowest BCUT2D eigenvalue weighted by Crippen LogP contribution is -2.39. The minimum absolute atomic E-state index is 0.0385. The average Bonchev–Trinajstić information content (AvgIpc) is 3.06. The van der Waals surface area contributed by atoms with Gasteiger partial charge in [0.1, 0.15) is 12.4 Å². The Hall–Kier alpha value is -2.08. The van der Waals surface area contributed by atoms with Crippen LogP contribution < -0.4 is 9.64 Å². The first-order valence-corrected chi connectivity index (χ1v) is 9.80. The van der Waals surface area contributed by atoms with Crippen LogP contribution in [0, 0.1) is 0 Å². The number of morpholine rings is 1. The van der Waals surface area contributed by atoms with Crippen molar-refractivity contribution in [3.63, 3.8) is 0 Å². The summed E-state index contributed by atoms with van der Waals surface area (Å²) in [5, 5.41) is 8.87. The van der Waals surface area contributed by atoms with Crippen molar-refractivity contribution in [2.45, 2.75) is 12.5 Å². The lowest BCUT2D eigenvalue weighted by atomic mass is 10.0. The standard InChI is InChI=1S/C22H28N2O3/c25-11-14-27-20-7-5-18(6-8-20)15-24-17-19(16-23-9-12-26-13-10-23)21-3-1-2-4-22(21)24/h1-8,19,25H,9-17H2. The Morgan fingerprint density at radius 1 is 1.04 bits per heavy atom. The van der Waals surface area contributed by atoms with Crippen molar-refractivity contribution in [2.24, 2.45) is 0 Å². The van der Waals surface area contributed by atoms with Gasteiger partial charge in [0.15, 0.2) is 0 Å². The van der Waals surface area contributed by atoms with Crippen molar-refractivity contribution in [3.05, 3.63) is 59.7 Å². The van der Waals surface area contributed by atoms with Gasteiger partial charge < -0.3 is 19.5 Å². The van der Waals surface area contributed by atoms with Crippen LogP contribution in [0.5, 0.6) is 5.75 Å². The minimum atomic E-state index is 0.0385. The van der Waals surface area contributed by atoms with Crippen molar-refractivity contribution in [1.29, 1.82) is 0 Å². The molecule has 2 aliphatic rings. The van der Waals surface area contributed by atoms with Crippen LogP contribution in [0.2, 0.25) is 0 Å². The van der Waals surface area contributed by atoms with Gasteiger partial charge in [0, 0.05) is 44.3 Å². The van der Waals surface area contributed by atoms with E-state index in [1.807, 2.05) is 12.1 Å². The predicted molar refractivity (Wildman–Crippen MR) is 107 cm³/mol. The van der Waals surface area contributed by atoms with E-state index in [-0.39, 0.29) is 6.61 Å². The van der Waals surface area contributed by atoms with Gasteiger partial charge in [-0.15, -0.1) is 0 Å². The maximum Gasteiger partial charge on any atom is 0.119 e. The highest BCUT2D eigenvalue weighted by molar-refractivity contribution is 5.60. The Bertz CT molecular complexity index is 729. The molecule has 1 N–H and O–H groups in total. The molecule has 0 spiro atoms. The Morgan fingerprint density at radius 2 is 1.81 bits per heavy atom. The first kappa shape index (κ1) is 18.3. The number of para-hydroxylation sites is 1. The van der Waals surface area contributed by atoms with Gasteiger partial charge in [0.25, 0.3) is 0 Å². The summed E-state index contributed by atoms with van der Waals surface area (Å²) < 4.78 is 11.0. The third-order valence-electron chi connectivity index (χ3n) is 5.40. The van der Waals surface area contributed by atoms with E-state index in [4.69, 9.17) is 14.6 Å². The molecule has 1 unspecified atom stereocenters. The molecule has 0 radical (unpaired) electrons. The number of hydrogen-bond acceptors (Lipinski definition) is 5. The Kier molecular flexibility index (Phi) is 5.92. The van der Waals surface area contributed by atoms with Crippen LogP contribution in [0.15, 0.2) is 48.5 Å². The molecule has 5 nitrogen and oxygen atoms in total. The summed E-state index contributed by atoms with van der Waals surface area (Å²) in [7, 11) is 0. The van der Waals surface area contributed by atoms with E-state index < -0.39 is 0 Å². The molecule has 2 aromatic carbocycles. The van der Waals surface area contributed by atoms with Gasteiger partial charge in [0.05, 0.1) is 19.8 Å². The van der Waals surface area contributed by atoms with E-state index in [1.165, 1.54) is 16.8 Å². The van der Waals surface area contributed by atoms with Gasteiger partial charge in [-0.2, -0.15) is 0 Å². The molecule has 0 aliphatic carbocycles. The minimum Gasteiger partial charge on any atom is -0.491 e. The van der Waals surface area contributed by atoms with Gasteiger partial charge in [-0.3, -0.25) is 4.90 Å². The van der Waals surface area contributed by atoms with Crippen molar-refractivity contribution in [3.8, 4) is 5.75 Å². The zero-order valence-corrected chi connectivity index (χ0v) is 15.7. The first-order valence-electron chi connectivity index (χ1n) is 9.80. The lowest BCUT2D eigenvalue weighted by molar-refractivity contribution is 0.0356. The SMILES string of the molecule is OCCOc1ccc(CN2CC(CN3CCOCC3)c3ccccc32)cc1. The molecule has 0 amide bonds. The second kappa shape index (κ2) is 8.74. The fourth-order valence-corrected chi connectivity index (χ4v) is 4.06. The van der Waals surface area contributed by atoms with Crippen molar-refractivity contribution in [2.75, 3.05) is 57.5 Å². The van der Waals surface area contributed by atoms with Gasteiger partial charge in [-0.25, -0.2) is 0 Å². The van der Waals surface area contributed by atoms with E-state index in [0.717, 1.165) is 51.7 Å². The smallest absolute Gasteiger partial charge is 0.119 e. The molecular formula is C22H28N2O3. The fourth-order valence-electron chi connectivity index (χ4n) is 4.06.